The van der Waals surface area contributed by atoms with Gasteiger partial charge in [-0.3, -0.25) is 9.78 Å². The number of pyridine rings is 2. The number of aromatic nitrogens is 2. The Bertz CT molecular complexity index is 914. The molecule has 1 fully saturated rings. The summed E-state index contributed by atoms with van der Waals surface area (Å²) in [5.41, 5.74) is 4.19. The van der Waals surface area contributed by atoms with Crippen molar-refractivity contribution < 1.29 is 14.3 Å². The highest BCUT2D eigenvalue weighted by Crippen LogP contribution is 2.38. The minimum absolute atomic E-state index is 0.270. The van der Waals surface area contributed by atoms with Gasteiger partial charge in [-0.05, 0) is 31.1 Å². The molecule has 26 heavy (non-hydrogen) atoms. The molecule has 0 radical (unpaired) electrons. The Morgan fingerprint density at radius 3 is 2.88 bits per heavy atom. The van der Waals surface area contributed by atoms with Crippen molar-refractivity contribution in [2.24, 2.45) is 5.92 Å². The maximum Gasteiger partial charge on any atom is 0.231 e. The van der Waals surface area contributed by atoms with E-state index in [9.17, 15) is 14.3 Å². The largest absolute Gasteiger partial charge is 0.369 e. The van der Waals surface area contributed by atoms with Crippen molar-refractivity contribution in [2.75, 3.05) is 17.3 Å². The molecule has 1 aliphatic heterocycles. The first-order chi connectivity index (χ1) is 12.5. The second-order valence-corrected chi connectivity index (χ2v) is 6.75. The zero-order valence-electron chi connectivity index (χ0n) is 14.5. The van der Waals surface area contributed by atoms with Crippen molar-refractivity contribution in [3.05, 3.63) is 47.4 Å². The lowest BCUT2D eigenvalue weighted by Crippen LogP contribution is -2.35. The Morgan fingerprint density at radius 1 is 1.42 bits per heavy atom. The van der Waals surface area contributed by atoms with Crippen LogP contribution < -0.4 is 10.2 Å². The molecule has 0 spiro atoms. The fourth-order valence-corrected chi connectivity index (χ4v) is 3.16. The number of anilines is 2. The molecule has 134 valence electrons. The lowest BCUT2D eigenvalue weighted by Gasteiger charge is -2.33. The van der Waals surface area contributed by atoms with Gasteiger partial charge in [0.1, 0.15) is 12.0 Å². The number of halogens is 1. The van der Waals surface area contributed by atoms with Crippen LogP contribution in [0.1, 0.15) is 23.1 Å². The molecule has 0 aromatic carbocycles. The molecule has 0 saturated heterocycles. The van der Waals surface area contributed by atoms with E-state index in [0.29, 0.717) is 5.82 Å². The molecular formula is C19H19FN4O2. The summed E-state index contributed by atoms with van der Waals surface area (Å²) in [5.74, 6) is -0.580. The van der Waals surface area contributed by atoms with Gasteiger partial charge in [0.05, 0.1) is 11.6 Å². The molecule has 0 bridgehead atoms. The third-order valence-corrected chi connectivity index (χ3v) is 4.90. The summed E-state index contributed by atoms with van der Waals surface area (Å²) in [6.07, 6.45) is 5.32. The summed E-state index contributed by atoms with van der Waals surface area (Å²) in [6.45, 7) is 1.97. The molecule has 3 unspecified atom stereocenters. The second-order valence-electron chi connectivity index (χ2n) is 6.75. The van der Waals surface area contributed by atoms with Crippen LogP contribution in [0, 0.1) is 12.8 Å². The average Bonchev–Trinajstić information content (AvgIpc) is 3.36. The number of hydrogen-bond donors (Lipinski definition) is 2. The van der Waals surface area contributed by atoms with E-state index in [-0.39, 0.29) is 12.3 Å². The van der Waals surface area contributed by atoms with E-state index in [4.69, 9.17) is 0 Å². The van der Waals surface area contributed by atoms with E-state index in [0.717, 1.165) is 28.0 Å². The number of nitrogens with one attached hydrogen (secondary N) is 1. The first-order valence-electron chi connectivity index (χ1n) is 8.44. The lowest BCUT2D eigenvalue weighted by molar-refractivity contribution is -0.117. The monoisotopic (exact) mass is 354 g/mol. The van der Waals surface area contributed by atoms with E-state index in [2.05, 4.69) is 15.3 Å². The van der Waals surface area contributed by atoms with Crippen LogP contribution in [0.15, 0.2) is 30.7 Å². The number of aliphatic hydroxyl groups excluding tert-OH is 1. The van der Waals surface area contributed by atoms with Crippen LogP contribution in [0.25, 0.3) is 11.6 Å². The number of likely N-dealkylation sites (N-methyl/N-ethyl adjacent to an activating group) is 1. The maximum absolute atomic E-state index is 13.0. The van der Waals surface area contributed by atoms with Gasteiger partial charge in [-0.25, -0.2) is 9.37 Å². The number of aliphatic hydroxyl groups is 1. The van der Waals surface area contributed by atoms with Crippen molar-refractivity contribution in [3.8, 4) is 0 Å². The van der Waals surface area contributed by atoms with Gasteiger partial charge < -0.3 is 15.3 Å². The van der Waals surface area contributed by atoms with Crippen LogP contribution >= 0.6 is 0 Å². The number of hydrogen-bond acceptors (Lipinski definition) is 5. The minimum atomic E-state index is -1.05. The average molecular weight is 354 g/mol. The Balaban J connectivity index is 1.67. The lowest BCUT2D eigenvalue weighted by atomic mass is 9.95. The first-order valence-corrected chi connectivity index (χ1v) is 8.44. The summed E-state index contributed by atoms with van der Waals surface area (Å²) >= 11 is 0. The van der Waals surface area contributed by atoms with E-state index in [1.807, 2.05) is 19.1 Å². The number of aryl methyl sites for hydroxylation is 1. The smallest absolute Gasteiger partial charge is 0.231 e. The van der Waals surface area contributed by atoms with Gasteiger partial charge in [-0.1, -0.05) is 0 Å². The van der Waals surface area contributed by atoms with E-state index >= 15 is 0 Å². The highest BCUT2D eigenvalue weighted by molar-refractivity contribution is 5.96. The summed E-state index contributed by atoms with van der Waals surface area (Å²) in [7, 11) is 1.77. The summed E-state index contributed by atoms with van der Waals surface area (Å²) in [4.78, 5) is 22.0. The number of rotatable bonds is 3. The quantitative estimate of drug-likeness (QED) is 0.885. The molecule has 2 aromatic heterocycles. The van der Waals surface area contributed by atoms with Crippen LogP contribution in [0.5, 0.6) is 0 Å². The van der Waals surface area contributed by atoms with Crippen LogP contribution in [0.4, 0.5) is 15.9 Å². The number of carbonyl (C=O) groups is 1. The molecule has 2 N–H and O–H groups in total. The summed E-state index contributed by atoms with van der Waals surface area (Å²) in [6, 6.07) is 3.58. The van der Waals surface area contributed by atoms with Gasteiger partial charge in [-0.15, -0.1) is 0 Å². The standard InChI is InChI=1S/C19H19FN4O2/c1-10-3-4-21-9-14(10)12-5-11-8-22-17(7-16(11)24(2)19(12)26)23-18(25)13-6-15(13)20/h3-5,7-9,13,15,19,26H,6H2,1-2H3,(H,22,23,25). The number of fused-ring (bicyclic) bond motifs is 1. The maximum atomic E-state index is 13.0. The highest BCUT2D eigenvalue weighted by atomic mass is 19.1. The fourth-order valence-electron chi connectivity index (χ4n) is 3.16. The van der Waals surface area contributed by atoms with Gasteiger partial charge in [0.15, 0.2) is 6.23 Å². The molecule has 6 nitrogen and oxygen atoms in total. The Morgan fingerprint density at radius 2 is 2.19 bits per heavy atom. The Hall–Kier alpha value is -2.80. The van der Waals surface area contributed by atoms with E-state index in [1.165, 1.54) is 0 Å². The Labute approximate surface area is 150 Å². The minimum Gasteiger partial charge on any atom is -0.369 e. The van der Waals surface area contributed by atoms with Crippen molar-refractivity contribution in [1.82, 2.24) is 9.97 Å². The Kier molecular flexibility index (Phi) is 3.96. The second kappa shape index (κ2) is 6.17. The van der Waals surface area contributed by atoms with Crippen LogP contribution in [0.2, 0.25) is 0 Å². The normalized spacial score (nSPS) is 23.9. The molecule has 2 aromatic rings. The van der Waals surface area contributed by atoms with Crippen molar-refractivity contribution in [1.29, 1.82) is 0 Å². The summed E-state index contributed by atoms with van der Waals surface area (Å²) < 4.78 is 13.0. The van der Waals surface area contributed by atoms with Gasteiger partial charge in [0.2, 0.25) is 5.91 Å². The van der Waals surface area contributed by atoms with Gasteiger partial charge in [-0.2, -0.15) is 0 Å². The number of carbonyl (C=O) groups excluding carboxylic acids is 1. The molecule has 3 heterocycles. The van der Waals surface area contributed by atoms with Gasteiger partial charge in [0, 0.05) is 48.4 Å². The van der Waals surface area contributed by atoms with Crippen molar-refractivity contribution in [2.45, 2.75) is 25.7 Å². The number of amides is 1. The SMILES string of the molecule is Cc1ccncc1C1=Cc2cnc(NC(=O)C3CC3F)cc2N(C)C1O. The van der Waals surface area contributed by atoms with Crippen LogP contribution in [0.3, 0.4) is 0 Å². The number of nitrogens with zero attached hydrogens (tertiary/aromatic N) is 3. The predicted molar refractivity (Wildman–Crippen MR) is 97.1 cm³/mol. The van der Waals surface area contributed by atoms with Crippen molar-refractivity contribution in [3.63, 3.8) is 0 Å². The molecule has 3 atom stereocenters. The molecule has 1 saturated carbocycles. The van der Waals surface area contributed by atoms with E-state index < -0.39 is 18.3 Å². The zero-order chi connectivity index (χ0) is 18.4. The molecule has 1 aliphatic carbocycles. The van der Waals surface area contributed by atoms with Gasteiger partial charge in [0.25, 0.3) is 0 Å². The van der Waals surface area contributed by atoms with Gasteiger partial charge >= 0.3 is 0 Å². The van der Waals surface area contributed by atoms with Crippen molar-refractivity contribution >= 4 is 29.1 Å². The summed E-state index contributed by atoms with van der Waals surface area (Å²) in [5, 5.41) is 13.4. The molecule has 4 rings (SSSR count). The third kappa shape index (κ3) is 2.84. The van der Waals surface area contributed by atoms with Crippen LogP contribution in [-0.2, 0) is 4.79 Å². The third-order valence-electron chi connectivity index (χ3n) is 4.90. The van der Waals surface area contributed by atoms with Crippen LogP contribution in [-0.4, -0.2) is 40.4 Å². The topological polar surface area (TPSA) is 78.4 Å². The predicted octanol–water partition coefficient (Wildman–Crippen LogP) is 2.39. The zero-order valence-corrected chi connectivity index (χ0v) is 14.5. The highest BCUT2D eigenvalue weighted by Gasteiger charge is 2.43. The molecule has 2 aliphatic rings. The van der Waals surface area contributed by atoms with E-state index in [1.54, 1.807) is 36.6 Å². The molecule has 1 amide bonds. The molecular weight excluding hydrogens is 335 g/mol. The number of alkyl halides is 1. The molecule has 7 heteroatoms. The first kappa shape index (κ1) is 16.7. The fraction of sp³-hybridized carbons (Fsp3) is 0.316.